The summed E-state index contributed by atoms with van der Waals surface area (Å²) in [5.74, 6) is -1.26. The van der Waals surface area contributed by atoms with Gasteiger partial charge in [0.2, 0.25) is 0 Å². The van der Waals surface area contributed by atoms with Gasteiger partial charge in [-0.05, 0) is 43.0 Å². The van der Waals surface area contributed by atoms with Crippen LogP contribution in [0.2, 0.25) is 0 Å². The van der Waals surface area contributed by atoms with E-state index < -0.39 is 24.4 Å². The lowest BCUT2D eigenvalue weighted by molar-refractivity contribution is -0.142. The zero-order valence-electron chi connectivity index (χ0n) is 13.2. The number of aryl methyl sites for hydroxylation is 1. The monoisotopic (exact) mass is 360 g/mol. The van der Waals surface area contributed by atoms with Crippen LogP contribution in [-0.4, -0.2) is 24.4 Å². The minimum Gasteiger partial charge on any atom is -0.465 e. The van der Waals surface area contributed by atoms with E-state index in [4.69, 9.17) is 14.9 Å². The number of thiophene rings is 1. The van der Waals surface area contributed by atoms with Gasteiger partial charge in [0.25, 0.3) is 11.8 Å². The fraction of sp³-hybridized carbons (Fsp3) is 0.235. The number of anilines is 1. The molecule has 0 unspecified atom stereocenters. The summed E-state index contributed by atoms with van der Waals surface area (Å²) in [5.41, 5.74) is 6.72. The third-order valence-electron chi connectivity index (χ3n) is 3.69. The van der Waals surface area contributed by atoms with Crippen molar-refractivity contribution in [1.82, 2.24) is 0 Å². The molecule has 130 valence electrons. The van der Waals surface area contributed by atoms with Crippen LogP contribution in [0.15, 0.2) is 28.9 Å². The molecular formula is C17H16N2O5S. The fourth-order valence-electron chi connectivity index (χ4n) is 2.64. The molecule has 0 saturated carbocycles. The molecule has 7 nitrogen and oxygen atoms in total. The number of rotatable bonds is 6. The van der Waals surface area contributed by atoms with Crippen molar-refractivity contribution in [1.29, 1.82) is 0 Å². The van der Waals surface area contributed by atoms with Crippen molar-refractivity contribution in [2.45, 2.75) is 19.3 Å². The number of nitrogens with one attached hydrogen (secondary N) is 1. The highest BCUT2D eigenvalue weighted by atomic mass is 32.1. The maximum Gasteiger partial charge on any atom is 0.331 e. The first-order chi connectivity index (χ1) is 12.0. The number of carbonyl (C=O) groups is 3. The van der Waals surface area contributed by atoms with Crippen molar-refractivity contribution in [3.05, 3.63) is 46.2 Å². The van der Waals surface area contributed by atoms with Crippen LogP contribution < -0.4 is 11.1 Å². The zero-order chi connectivity index (χ0) is 17.8. The summed E-state index contributed by atoms with van der Waals surface area (Å²) < 4.78 is 9.90. The fourth-order valence-corrected chi connectivity index (χ4v) is 3.95. The maximum atomic E-state index is 12.0. The molecule has 1 aliphatic carbocycles. The van der Waals surface area contributed by atoms with Crippen LogP contribution >= 0.6 is 11.3 Å². The van der Waals surface area contributed by atoms with E-state index >= 15 is 0 Å². The average Bonchev–Trinajstić information content (AvgIpc) is 3.27. The number of nitrogens with two attached hydrogens (primary N) is 1. The van der Waals surface area contributed by atoms with Crippen LogP contribution in [0.5, 0.6) is 0 Å². The third-order valence-corrected chi connectivity index (χ3v) is 4.90. The predicted molar refractivity (Wildman–Crippen MR) is 92.2 cm³/mol. The van der Waals surface area contributed by atoms with Gasteiger partial charge in [-0.25, -0.2) is 4.79 Å². The number of esters is 1. The predicted octanol–water partition coefficient (Wildman–Crippen LogP) is 2.12. The molecule has 25 heavy (non-hydrogen) atoms. The second-order valence-electron chi connectivity index (χ2n) is 5.43. The van der Waals surface area contributed by atoms with Crippen LogP contribution in [0.4, 0.5) is 5.00 Å². The second kappa shape index (κ2) is 7.35. The number of hydrogen-bond acceptors (Lipinski definition) is 6. The van der Waals surface area contributed by atoms with Crippen LogP contribution in [-0.2, 0) is 27.2 Å². The van der Waals surface area contributed by atoms with E-state index in [2.05, 4.69) is 5.32 Å². The first-order valence-corrected chi connectivity index (χ1v) is 8.49. The Morgan fingerprint density at radius 1 is 1.36 bits per heavy atom. The van der Waals surface area contributed by atoms with E-state index in [1.807, 2.05) is 0 Å². The van der Waals surface area contributed by atoms with Gasteiger partial charge in [0.05, 0.1) is 11.8 Å². The average molecular weight is 360 g/mol. The minimum atomic E-state index is -0.671. The molecule has 1 aliphatic rings. The molecule has 0 radical (unpaired) electrons. The van der Waals surface area contributed by atoms with E-state index in [9.17, 15) is 14.4 Å². The Labute approximate surface area is 147 Å². The van der Waals surface area contributed by atoms with Crippen molar-refractivity contribution >= 4 is 40.2 Å². The summed E-state index contributed by atoms with van der Waals surface area (Å²) in [4.78, 5) is 36.3. The lowest BCUT2D eigenvalue weighted by atomic mass is 10.1. The number of carbonyl (C=O) groups excluding carboxylic acids is 3. The first kappa shape index (κ1) is 17.0. The Bertz CT molecular complexity index is 836. The quantitative estimate of drug-likeness (QED) is 0.605. The highest BCUT2D eigenvalue weighted by Gasteiger charge is 2.26. The lowest BCUT2D eigenvalue weighted by Crippen LogP contribution is -2.22. The molecule has 0 fully saturated rings. The van der Waals surface area contributed by atoms with Gasteiger partial charge in [0.1, 0.15) is 10.8 Å². The summed E-state index contributed by atoms with van der Waals surface area (Å²) in [6.07, 6.45) is 6.73. The van der Waals surface area contributed by atoms with E-state index in [0.29, 0.717) is 16.3 Å². The van der Waals surface area contributed by atoms with Gasteiger partial charge in [-0.2, -0.15) is 0 Å². The Hall–Kier alpha value is -2.87. The summed E-state index contributed by atoms with van der Waals surface area (Å²) in [6.45, 7) is -0.456. The van der Waals surface area contributed by atoms with Gasteiger partial charge < -0.3 is 20.2 Å². The van der Waals surface area contributed by atoms with Crippen LogP contribution in [0.1, 0.15) is 33.0 Å². The van der Waals surface area contributed by atoms with Gasteiger partial charge in [0, 0.05) is 11.0 Å². The molecule has 0 aliphatic heterocycles. The molecule has 0 saturated heterocycles. The molecule has 2 aromatic heterocycles. The lowest BCUT2D eigenvalue weighted by Gasteiger charge is -2.06. The molecule has 0 aromatic carbocycles. The van der Waals surface area contributed by atoms with Crippen LogP contribution in [0.3, 0.4) is 0 Å². The number of primary amides is 1. The van der Waals surface area contributed by atoms with Gasteiger partial charge >= 0.3 is 5.97 Å². The normalized spacial score (nSPS) is 13.0. The Morgan fingerprint density at radius 3 is 2.92 bits per heavy atom. The van der Waals surface area contributed by atoms with E-state index in [-0.39, 0.29) is 0 Å². The molecule has 3 N–H and O–H groups in total. The SMILES string of the molecule is NC(=O)c1c(NC(=O)COC(=O)C=Cc2ccco2)sc2c1CCC2. The molecule has 2 heterocycles. The summed E-state index contributed by atoms with van der Waals surface area (Å²) >= 11 is 1.35. The molecule has 0 spiro atoms. The second-order valence-corrected chi connectivity index (χ2v) is 6.54. The summed E-state index contributed by atoms with van der Waals surface area (Å²) in [6, 6.07) is 3.37. The molecule has 2 amide bonds. The number of fused-ring (bicyclic) bond motifs is 1. The first-order valence-electron chi connectivity index (χ1n) is 7.67. The van der Waals surface area contributed by atoms with Gasteiger partial charge in [-0.1, -0.05) is 0 Å². The Kier molecular flexibility index (Phi) is 4.99. The molecule has 0 atom stereocenters. The molecule has 2 aromatic rings. The van der Waals surface area contributed by atoms with Gasteiger partial charge in [-0.3, -0.25) is 9.59 Å². The number of hydrogen-bond donors (Lipinski definition) is 2. The van der Waals surface area contributed by atoms with Crippen LogP contribution in [0.25, 0.3) is 6.08 Å². The van der Waals surface area contributed by atoms with E-state index in [0.717, 1.165) is 29.7 Å². The topological polar surface area (TPSA) is 112 Å². The summed E-state index contributed by atoms with van der Waals surface area (Å²) in [5, 5.41) is 3.03. The van der Waals surface area contributed by atoms with Gasteiger partial charge in [0.15, 0.2) is 6.61 Å². The smallest absolute Gasteiger partial charge is 0.331 e. The minimum absolute atomic E-state index is 0.370. The van der Waals surface area contributed by atoms with Crippen molar-refractivity contribution in [3.8, 4) is 0 Å². The largest absolute Gasteiger partial charge is 0.465 e. The van der Waals surface area contributed by atoms with Gasteiger partial charge in [-0.15, -0.1) is 11.3 Å². The number of ether oxygens (including phenoxy) is 1. The molecular weight excluding hydrogens is 344 g/mol. The zero-order valence-corrected chi connectivity index (χ0v) is 14.1. The highest BCUT2D eigenvalue weighted by molar-refractivity contribution is 7.17. The van der Waals surface area contributed by atoms with Crippen molar-refractivity contribution in [2.24, 2.45) is 5.73 Å². The van der Waals surface area contributed by atoms with Crippen molar-refractivity contribution in [2.75, 3.05) is 11.9 Å². The van der Waals surface area contributed by atoms with Crippen molar-refractivity contribution in [3.63, 3.8) is 0 Å². The maximum absolute atomic E-state index is 12.0. The van der Waals surface area contributed by atoms with Crippen molar-refractivity contribution < 1.29 is 23.5 Å². The van der Waals surface area contributed by atoms with Crippen LogP contribution in [0, 0.1) is 0 Å². The molecule has 8 heteroatoms. The molecule has 0 bridgehead atoms. The highest BCUT2D eigenvalue weighted by Crippen LogP contribution is 2.38. The molecule has 3 rings (SSSR count). The summed E-state index contributed by atoms with van der Waals surface area (Å²) in [7, 11) is 0. The van der Waals surface area contributed by atoms with E-state index in [1.165, 1.54) is 29.8 Å². The third kappa shape index (κ3) is 3.97. The Morgan fingerprint density at radius 2 is 2.20 bits per heavy atom. The Balaban J connectivity index is 1.56. The van der Waals surface area contributed by atoms with E-state index in [1.54, 1.807) is 12.1 Å². The number of amides is 2. The number of furan rings is 1. The standard InChI is InChI=1S/C17H16N2O5S/c18-16(22)15-11-4-1-5-12(11)25-17(15)19-13(20)9-24-14(21)7-6-10-3-2-8-23-10/h2-3,6-8H,1,4-5,9H2,(H2,18,22)(H,19,20).